The highest BCUT2D eigenvalue weighted by molar-refractivity contribution is 6.30. The number of hydrogen-bond acceptors (Lipinski definition) is 2. The molecule has 0 radical (unpaired) electrons. The predicted molar refractivity (Wildman–Crippen MR) is 81.6 cm³/mol. The maximum atomic E-state index is 12.5. The molecule has 1 aromatic rings. The number of hydrogen-bond donors (Lipinski definition) is 0. The summed E-state index contributed by atoms with van der Waals surface area (Å²) in [5, 5.41) is 0. The Labute approximate surface area is 124 Å². The first kappa shape index (κ1) is 15.0. The maximum absolute atomic E-state index is 12.5. The van der Waals surface area contributed by atoms with Crippen LogP contribution in [0.2, 0.25) is 0 Å². The van der Waals surface area contributed by atoms with Gasteiger partial charge < -0.3 is 4.90 Å². The first-order valence-electron chi connectivity index (χ1n) is 6.88. The van der Waals surface area contributed by atoms with Crippen LogP contribution in [0.1, 0.15) is 43.1 Å². The first-order valence-corrected chi connectivity index (χ1v) is 7.42. The Hall–Kier alpha value is -1.35. The zero-order chi connectivity index (χ0) is 14.9. The Morgan fingerprint density at radius 1 is 1.30 bits per heavy atom. The molecule has 0 spiro atoms. The molecule has 0 atom stereocenters. The summed E-state index contributed by atoms with van der Waals surface area (Å²) in [5.41, 5.74) is 2.22. The summed E-state index contributed by atoms with van der Waals surface area (Å²) in [7, 11) is 0. The smallest absolute Gasteiger partial charge is 0.232 e. The van der Waals surface area contributed by atoms with Crippen LogP contribution >= 0.6 is 11.6 Å². The molecule has 1 amide bonds. The molecule has 0 N–H and O–H groups in total. The summed E-state index contributed by atoms with van der Waals surface area (Å²) in [6.07, 6.45) is 1.82. The number of aryl methyl sites for hydroxylation is 1. The fourth-order valence-corrected chi connectivity index (χ4v) is 2.62. The SMILES string of the molecule is CC(C)(C)C(=O)N1CCCc2cc(C(=O)CCl)ccc21. The van der Waals surface area contributed by atoms with E-state index in [0.29, 0.717) is 5.56 Å². The van der Waals surface area contributed by atoms with E-state index in [-0.39, 0.29) is 17.6 Å². The Morgan fingerprint density at radius 2 is 2.00 bits per heavy atom. The normalized spacial score (nSPS) is 14.9. The average Bonchev–Trinajstić information content (AvgIpc) is 2.43. The van der Waals surface area contributed by atoms with Crippen molar-refractivity contribution in [1.29, 1.82) is 0 Å². The summed E-state index contributed by atoms with van der Waals surface area (Å²) >= 11 is 5.59. The van der Waals surface area contributed by atoms with Gasteiger partial charge in [-0.2, -0.15) is 0 Å². The lowest BCUT2D eigenvalue weighted by Crippen LogP contribution is -2.42. The fourth-order valence-electron chi connectivity index (χ4n) is 2.46. The molecule has 3 nitrogen and oxygen atoms in total. The Bertz CT molecular complexity index is 546. The van der Waals surface area contributed by atoms with E-state index in [2.05, 4.69) is 0 Å². The third-order valence-electron chi connectivity index (χ3n) is 3.53. The van der Waals surface area contributed by atoms with Crippen molar-refractivity contribution < 1.29 is 9.59 Å². The van der Waals surface area contributed by atoms with Crippen LogP contribution in [-0.2, 0) is 11.2 Å². The fraction of sp³-hybridized carbons (Fsp3) is 0.500. The largest absolute Gasteiger partial charge is 0.312 e. The molecule has 0 aromatic heterocycles. The minimum atomic E-state index is -0.404. The van der Waals surface area contributed by atoms with E-state index >= 15 is 0 Å². The van der Waals surface area contributed by atoms with Crippen molar-refractivity contribution in [3.63, 3.8) is 0 Å². The Kier molecular flexibility index (Phi) is 4.19. The number of alkyl halides is 1. The number of carbonyl (C=O) groups excluding carboxylic acids is 2. The molecule has 0 aliphatic carbocycles. The average molecular weight is 294 g/mol. The number of anilines is 1. The second-order valence-corrected chi connectivity index (χ2v) is 6.48. The van der Waals surface area contributed by atoms with Crippen LogP contribution in [0.5, 0.6) is 0 Å². The quantitative estimate of drug-likeness (QED) is 0.619. The molecule has 1 heterocycles. The van der Waals surface area contributed by atoms with Crippen LogP contribution in [-0.4, -0.2) is 24.1 Å². The predicted octanol–water partition coefficient (Wildman–Crippen LogP) is 3.43. The maximum Gasteiger partial charge on any atom is 0.232 e. The Morgan fingerprint density at radius 3 is 2.60 bits per heavy atom. The van der Waals surface area contributed by atoms with E-state index in [4.69, 9.17) is 11.6 Å². The van der Waals surface area contributed by atoms with Gasteiger partial charge in [-0.05, 0) is 36.6 Å². The lowest BCUT2D eigenvalue weighted by molar-refractivity contribution is -0.125. The van der Waals surface area contributed by atoms with Gasteiger partial charge in [-0.15, -0.1) is 11.6 Å². The molecule has 1 aromatic carbocycles. The van der Waals surface area contributed by atoms with Crippen molar-refractivity contribution in [3.8, 4) is 0 Å². The van der Waals surface area contributed by atoms with Gasteiger partial charge in [0.25, 0.3) is 0 Å². The number of amides is 1. The van der Waals surface area contributed by atoms with E-state index in [0.717, 1.165) is 30.6 Å². The van der Waals surface area contributed by atoms with Gasteiger partial charge in [-0.3, -0.25) is 9.59 Å². The van der Waals surface area contributed by atoms with Crippen LogP contribution in [0, 0.1) is 5.41 Å². The van der Waals surface area contributed by atoms with Crippen LogP contribution in [0.15, 0.2) is 18.2 Å². The van der Waals surface area contributed by atoms with Gasteiger partial charge in [0.15, 0.2) is 5.78 Å². The van der Waals surface area contributed by atoms with Crippen molar-refractivity contribution in [2.45, 2.75) is 33.6 Å². The van der Waals surface area contributed by atoms with Crippen LogP contribution in [0.25, 0.3) is 0 Å². The van der Waals surface area contributed by atoms with Crippen LogP contribution < -0.4 is 4.90 Å². The summed E-state index contributed by atoms with van der Waals surface area (Å²) in [4.78, 5) is 26.0. The first-order chi connectivity index (χ1) is 9.34. The molecule has 1 aliphatic rings. The van der Waals surface area contributed by atoms with Crippen molar-refractivity contribution in [1.82, 2.24) is 0 Å². The van der Waals surface area contributed by atoms with Crippen molar-refractivity contribution >= 4 is 29.0 Å². The summed E-state index contributed by atoms with van der Waals surface area (Å²) in [6.45, 7) is 6.52. The number of halogens is 1. The highest BCUT2D eigenvalue weighted by atomic mass is 35.5. The monoisotopic (exact) mass is 293 g/mol. The highest BCUT2D eigenvalue weighted by Gasteiger charge is 2.31. The third kappa shape index (κ3) is 2.88. The van der Waals surface area contributed by atoms with Gasteiger partial charge in [0.2, 0.25) is 5.91 Å². The number of benzene rings is 1. The van der Waals surface area contributed by atoms with Gasteiger partial charge in [0.1, 0.15) is 0 Å². The molecule has 1 aliphatic heterocycles. The molecule has 0 unspecified atom stereocenters. The van der Waals surface area contributed by atoms with Crippen LogP contribution in [0.4, 0.5) is 5.69 Å². The number of fused-ring (bicyclic) bond motifs is 1. The molecule has 0 saturated heterocycles. The minimum Gasteiger partial charge on any atom is -0.312 e. The molecule has 20 heavy (non-hydrogen) atoms. The topological polar surface area (TPSA) is 37.4 Å². The number of carbonyl (C=O) groups is 2. The van der Waals surface area contributed by atoms with Crippen molar-refractivity contribution in [3.05, 3.63) is 29.3 Å². The second-order valence-electron chi connectivity index (χ2n) is 6.21. The van der Waals surface area contributed by atoms with Gasteiger partial charge in [-0.25, -0.2) is 0 Å². The number of rotatable bonds is 2. The van der Waals surface area contributed by atoms with E-state index in [1.54, 1.807) is 6.07 Å². The molecular weight excluding hydrogens is 274 g/mol. The van der Waals surface area contributed by atoms with Crippen molar-refractivity contribution in [2.24, 2.45) is 5.41 Å². The molecule has 4 heteroatoms. The van der Waals surface area contributed by atoms with E-state index < -0.39 is 5.41 Å². The number of Topliss-reactive ketones (excluding diaryl/α,β-unsaturated/α-hetero) is 1. The van der Waals surface area contributed by atoms with Gasteiger partial charge >= 0.3 is 0 Å². The molecule has 108 valence electrons. The highest BCUT2D eigenvalue weighted by Crippen LogP contribution is 2.31. The zero-order valence-electron chi connectivity index (χ0n) is 12.2. The Balaban J connectivity index is 2.38. The minimum absolute atomic E-state index is 0.0105. The van der Waals surface area contributed by atoms with E-state index in [1.165, 1.54) is 0 Å². The number of ketones is 1. The second kappa shape index (κ2) is 5.57. The standard InChI is InChI=1S/C16H20ClNO2/c1-16(2,3)15(20)18-8-4-5-11-9-12(14(19)10-17)6-7-13(11)18/h6-7,9H,4-5,8,10H2,1-3H3. The van der Waals surface area contributed by atoms with E-state index in [1.807, 2.05) is 37.8 Å². The summed E-state index contributed by atoms with van der Waals surface area (Å²) < 4.78 is 0. The third-order valence-corrected chi connectivity index (χ3v) is 3.77. The van der Waals surface area contributed by atoms with E-state index in [9.17, 15) is 9.59 Å². The molecule has 0 saturated carbocycles. The lowest BCUT2D eigenvalue weighted by atomic mass is 9.91. The molecule has 0 bridgehead atoms. The lowest BCUT2D eigenvalue weighted by Gasteiger charge is -2.34. The van der Waals surface area contributed by atoms with Crippen LogP contribution in [0.3, 0.4) is 0 Å². The van der Waals surface area contributed by atoms with Crippen molar-refractivity contribution in [2.75, 3.05) is 17.3 Å². The molecular formula is C16H20ClNO2. The van der Waals surface area contributed by atoms with Gasteiger partial charge in [0.05, 0.1) is 5.88 Å². The number of nitrogens with zero attached hydrogens (tertiary/aromatic N) is 1. The van der Waals surface area contributed by atoms with Gasteiger partial charge in [-0.1, -0.05) is 20.8 Å². The molecule has 2 rings (SSSR count). The summed E-state index contributed by atoms with van der Waals surface area (Å²) in [5.74, 6) is 0.0345. The zero-order valence-corrected chi connectivity index (χ0v) is 13.0. The molecule has 0 fully saturated rings. The summed E-state index contributed by atoms with van der Waals surface area (Å²) in [6, 6.07) is 5.51. The van der Waals surface area contributed by atoms with Gasteiger partial charge in [0, 0.05) is 23.2 Å².